The predicted octanol–water partition coefficient (Wildman–Crippen LogP) is 0.662. The second-order valence-electron chi connectivity index (χ2n) is 4.81. The number of amides is 1. The van der Waals surface area contributed by atoms with Crippen molar-refractivity contribution in [3.05, 3.63) is 35.9 Å². The number of carbonyl (C=O) groups is 1. The fourth-order valence-corrected chi connectivity index (χ4v) is 2.35. The molecule has 0 saturated carbocycles. The zero-order valence-electron chi connectivity index (χ0n) is 11.1. The van der Waals surface area contributed by atoms with Gasteiger partial charge in [-0.1, -0.05) is 18.2 Å². The highest BCUT2D eigenvalue weighted by molar-refractivity contribution is 5.94. The maximum Gasteiger partial charge on any atom is 0.253 e. The number of hydrogen-bond acceptors (Lipinski definition) is 3. The minimum atomic E-state index is 0.143. The van der Waals surface area contributed by atoms with Gasteiger partial charge in [0, 0.05) is 37.8 Å². The number of nitrogens with zero attached hydrogens (tertiary/aromatic N) is 2. The molecule has 1 aliphatic heterocycles. The molecule has 1 amide bonds. The summed E-state index contributed by atoms with van der Waals surface area (Å²) in [4.78, 5) is 16.6. The SMILES string of the molecule is CNCC1CN(C(=O)c2ccccc2)CCN1C. The number of piperazine rings is 1. The Bertz CT molecular complexity index is 393. The summed E-state index contributed by atoms with van der Waals surface area (Å²) in [5.74, 6) is 0.143. The molecule has 1 unspecified atom stereocenters. The first-order valence-electron chi connectivity index (χ1n) is 6.41. The lowest BCUT2D eigenvalue weighted by Crippen LogP contribution is -2.56. The van der Waals surface area contributed by atoms with Crippen molar-refractivity contribution < 1.29 is 4.79 Å². The van der Waals surface area contributed by atoms with Crippen LogP contribution in [0.15, 0.2) is 30.3 Å². The van der Waals surface area contributed by atoms with Gasteiger partial charge < -0.3 is 10.2 Å². The third kappa shape index (κ3) is 2.89. The minimum absolute atomic E-state index is 0.143. The molecule has 0 spiro atoms. The first kappa shape index (κ1) is 13.1. The van der Waals surface area contributed by atoms with E-state index in [4.69, 9.17) is 0 Å². The zero-order chi connectivity index (χ0) is 13.0. The van der Waals surface area contributed by atoms with E-state index in [1.807, 2.05) is 42.3 Å². The molecule has 1 aliphatic rings. The van der Waals surface area contributed by atoms with E-state index in [9.17, 15) is 4.79 Å². The Morgan fingerprint density at radius 1 is 1.33 bits per heavy atom. The number of hydrogen-bond donors (Lipinski definition) is 1. The van der Waals surface area contributed by atoms with Crippen LogP contribution in [-0.2, 0) is 0 Å². The molecule has 1 saturated heterocycles. The largest absolute Gasteiger partial charge is 0.336 e. The number of likely N-dealkylation sites (N-methyl/N-ethyl adjacent to an activating group) is 2. The highest BCUT2D eigenvalue weighted by Crippen LogP contribution is 2.11. The van der Waals surface area contributed by atoms with Gasteiger partial charge in [-0.25, -0.2) is 0 Å². The van der Waals surface area contributed by atoms with E-state index >= 15 is 0 Å². The van der Waals surface area contributed by atoms with Gasteiger partial charge in [0.05, 0.1) is 0 Å². The lowest BCUT2D eigenvalue weighted by atomic mass is 10.1. The number of benzene rings is 1. The maximum atomic E-state index is 12.3. The maximum absolute atomic E-state index is 12.3. The van der Waals surface area contributed by atoms with Crippen molar-refractivity contribution in [1.29, 1.82) is 0 Å². The standard InChI is InChI=1S/C14H21N3O/c1-15-10-13-11-17(9-8-16(13)2)14(18)12-6-4-3-5-7-12/h3-7,13,15H,8-11H2,1-2H3. The molecule has 4 nitrogen and oxygen atoms in total. The zero-order valence-corrected chi connectivity index (χ0v) is 11.1. The Kier molecular flexibility index (Phi) is 4.33. The highest BCUT2D eigenvalue weighted by Gasteiger charge is 2.27. The van der Waals surface area contributed by atoms with Crippen LogP contribution in [0.4, 0.5) is 0 Å². The number of nitrogens with one attached hydrogen (secondary N) is 1. The van der Waals surface area contributed by atoms with Crippen LogP contribution in [0.2, 0.25) is 0 Å². The van der Waals surface area contributed by atoms with E-state index < -0.39 is 0 Å². The molecular formula is C14H21N3O. The van der Waals surface area contributed by atoms with E-state index in [0.717, 1.165) is 31.7 Å². The van der Waals surface area contributed by atoms with Gasteiger partial charge in [0.15, 0.2) is 0 Å². The molecule has 1 aromatic carbocycles. The van der Waals surface area contributed by atoms with E-state index in [2.05, 4.69) is 17.3 Å². The lowest BCUT2D eigenvalue weighted by Gasteiger charge is -2.39. The van der Waals surface area contributed by atoms with E-state index in [-0.39, 0.29) is 5.91 Å². The second kappa shape index (κ2) is 5.98. The molecule has 4 heteroatoms. The van der Waals surface area contributed by atoms with Gasteiger partial charge in [-0.2, -0.15) is 0 Å². The van der Waals surface area contributed by atoms with Crippen molar-refractivity contribution in [2.45, 2.75) is 6.04 Å². The Labute approximate surface area is 109 Å². The molecule has 2 rings (SSSR count). The van der Waals surface area contributed by atoms with Gasteiger partial charge in [-0.05, 0) is 26.2 Å². The summed E-state index contributed by atoms with van der Waals surface area (Å²) >= 11 is 0. The van der Waals surface area contributed by atoms with Crippen LogP contribution in [0, 0.1) is 0 Å². The van der Waals surface area contributed by atoms with Crippen LogP contribution < -0.4 is 5.32 Å². The third-order valence-electron chi connectivity index (χ3n) is 3.52. The van der Waals surface area contributed by atoms with Gasteiger partial charge in [0.25, 0.3) is 5.91 Å². The molecule has 0 aliphatic carbocycles. The van der Waals surface area contributed by atoms with Gasteiger partial charge in [-0.3, -0.25) is 9.69 Å². The molecule has 18 heavy (non-hydrogen) atoms. The van der Waals surface area contributed by atoms with Gasteiger partial charge >= 0.3 is 0 Å². The highest BCUT2D eigenvalue weighted by atomic mass is 16.2. The molecule has 0 radical (unpaired) electrons. The molecule has 1 atom stereocenters. The lowest BCUT2D eigenvalue weighted by molar-refractivity contribution is 0.0550. The Morgan fingerprint density at radius 2 is 2.06 bits per heavy atom. The minimum Gasteiger partial charge on any atom is -0.336 e. The molecule has 1 heterocycles. The fourth-order valence-electron chi connectivity index (χ4n) is 2.35. The van der Waals surface area contributed by atoms with Crippen LogP contribution in [0.3, 0.4) is 0 Å². The van der Waals surface area contributed by atoms with Gasteiger partial charge in [0.1, 0.15) is 0 Å². The van der Waals surface area contributed by atoms with Crippen molar-refractivity contribution in [3.8, 4) is 0 Å². The summed E-state index contributed by atoms with van der Waals surface area (Å²) in [5, 5.41) is 3.19. The Hall–Kier alpha value is -1.39. The Morgan fingerprint density at radius 3 is 2.72 bits per heavy atom. The fraction of sp³-hybridized carbons (Fsp3) is 0.500. The van der Waals surface area contributed by atoms with E-state index in [1.54, 1.807) is 0 Å². The average Bonchev–Trinajstić information content (AvgIpc) is 2.42. The quantitative estimate of drug-likeness (QED) is 0.852. The summed E-state index contributed by atoms with van der Waals surface area (Å²) in [6, 6.07) is 9.92. The van der Waals surface area contributed by atoms with Crippen LogP contribution in [0.25, 0.3) is 0 Å². The van der Waals surface area contributed by atoms with Crippen molar-refractivity contribution in [2.24, 2.45) is 0 Å². The molecule has 98 valence electrons. The molecule has 1 N–H and O–H groups in total. The van der Waals surface area contributed by atoms with Crippen LogP contribution >= 0.6 is 0 Å². The number of carbonyl (C=O) groups excluding carboxylic acids is 1. The van der Waals surface area contributed by atoms with Crippen molar-refractivity contribution in [2.75, 3.05) is 40.3 Å². The van der Waals surface area contributed by atoms with Crippen molar-refractivity contribution >= 4 is 5.91 Å². The molecule has 1 aromatic rings. The summed E-state index contributed by atoms with van der Waals surface area (Å²) in [6.45, 7) is 3.45. The molecule has 1 fully saturated rings. The van der Waals surface area contributed by atoms with E-state index in [1.165, 1.54) is 0 Å². The van der Waals surface area contributed by atoms with Crippen LogP contribution in [0.1, 0.15) is 10.4 Å². The van der Waals surface area contributed by atoms with Crippen LogP contribution in [-0.4, -0.2) is 62.0 Å². The summed E-state index contributed by atoms with van der Waals surface area (Å²) in [5.41, 5.74) is 0.783. The molecule has 0 aromatic heterocycles. The van der Waals surface area contributed by atoms with Crippen molar-refractivity contribution in [3.63, 3.8) is 0 Å². The molecule has 0 bridgehead atoms. The average molecular weight is 247 g/mol. The summed E-state index contributed by atoms with van der Waals surface area (Å²) < 4.78 is 0. The first-order valence-corrected chi connectivity index (χ1v) is 6.41. The van der Waals surface area contributed by atoms with Gasteiger partial charge in [-0.15, -0.1) is 0 Å². The van der Waals surface area contributed by atoms with Crippen molar-refractivity contribution in [1.82, 2.24) is 15.1 Å². The monoisotopic (exact) mass is 247 g/mol. The van der Waals surface area contributed by atoms with Gasteiger partial charge in [0.2, 0.25) is 0 Å². The topological polar surface area (TPSA) is 35.6 Å². The summed E-state index contributed by atoms with van der Waals surface area (Å²) in [6.07, 6.45) is 0. The van der Waals surface area contributed by atoms with Crippen LogP contribution in [0.5, 0.6) is 0 Å². The number of rotatable bonds is 3. The predicted molar refractivity (Wildman–Crippen MR) is 72.7 cm³/mol. The summed E-state index contributed by atoms with van der Waals surface area (Å²) in [7, 11) is 4.07. The molecular weight excluding hydrogens is 226 g/mol. The Balaban J connectivity index is 2.03. The third-order valence-corrected chi connectivity index (χ3v) is 3.52. The first-order chi connectivity index (χ1) is 8.72. The smallest absolute Gasteiger partial charge is 0.253 e. The normalized spacial score (nSPS) is 21.0. The van der Waals surface area contributed by atoms with E-state index in [0.29, 0.717) is 6.04 Å². The second-order valence-corrected chi connectivity index (χ2v) is 4.81.